The summed E-state index contributed by atoms with van der Waals surface area (Å²) < 4.78 is 0. The van der Waals surface area contributed by atoms with Crippen LogP contribution in [0.1, 0.15) is 5.56 Å². The topological polar surface area (TPSA) is 58.6 Å². The number of aryl methyl sites for hydroxylation is 1. The Balaban J connectivity index is 2.55. The van der Waals surface area contributed by atoms with Gasteiger partial charge in [0.15, 0.2) is 5.82 Å². The van der Waals surface area contributed by atoms with Crippen LogP contribution in [0.5, 0.6) is 0 Å². The summed E-state index contributed by atoms with van der Waals surface area (Å²) in [6.07, 6.45) is 3.16. The van der Waals surface area contributed by atoms with E-state index < -0.39 is 0 Å². The molecule has 2 aromatic heterocycles. The van der Waals surface area contributed by atoms with E-state index in [2.05, 4.69) is 15.0 Å². The van der Waals surface area contributed by atoms with E-state index in [-0.39, 0.29) is 5.56 Å². The number of aromatic nitrogens is 3. The molecule has 0 atom stereocenters. The molecular weight excluding hydrogens is 178 g/mol. The number of rotatable bonds is 1. The predicted molar refractivity (Wildman–Crippen MR) is 52.8 cm³/mol. The fourth-order valence-corrected chi connectivity index (χ4v) is 1.17. The van der Waals surface area contributed by atoms with Crippen LogP contribution in [0.2, 0.25) is 0 Å². The van der Waals surface area contributed by atoms with Gasteiger partial charge in [-0.15, -0.1) is 0 Å². The minimum Gasteiger partial charge on any atom is -0.305 e. The smallest absolute Gasteiger partial charge is 0.251 e. The zero-order valence-corrected chi connectivity index (χ0v) is 7.69. The van der Waals surface area contributed by atoms with Crippen LogP contribution in [0, 0.1) is 6.92 Å². The minimum absolute atomic E-state index is 0.168. The van der Waals surface area contributed by atoms with Crippen LogP contribution < -0.4 is 5.56 Å². The Morgan fingerprint density at radius 1 is 1.21 bits per heavy atom. The molecule has 0 aliphatic heterocycles. The first-order valence-electron chi connectivity index (χ1n) is 4.24. The molecule has 0 amide bonds. The van der Waals surface area contributed by atoms with E-state index in [1.165, 1.54) is 12.3 Å². The number of hydrogen-bond donors (Lipinski definition) is 1. The Kier molecular flexibility index (Phi) is 2.10. The zero-order chi connectivity index (χ0) is 9.97. The molecule has 1 N–H and O–H groups in total. The summed E-state index contributed by atoms with van der Waals surface area (Å²) in [5.74, 6) is 0.501. The van der Waals surface area contributed by atoms with Crippen LogP contribution in [-0.2, 0) is 0 Å². The van der Waals surface area contributed by atoms with E-state index >= 15 is 0 Å². The maximum absolute atomic E-state index is 11.0. The first-order valence-corrected chi connectivity index (χ1v) is 4.24. The van der Waals surface area contributed by atoms with Crippen LogP contribution in [0.25, 0.3) is 11.5 Å². The number of nitrogens with zero attached hydrogens (tertiary/aromatic N) is 2. The van der Waals surface area contributed by atoms with Crippen molar-refractivity contribution in [3.63, 3.8) is 0 Å². The van der Waals surface area contributed by atoms with Gasteiger partial charge in [0.1, 0.15) is 5.69 Å². The van der Waals surface area contributed by atoms with Crippen LogP contribution in [-0.4, -0.2) is 15.0 Å². The molecule has 0 aliphatic rings. The Morgan fingerprint density at radius 3 is 2.71 bits per heavy atom. The maximum Gasteiger partial charge on any atom is 0.251 e. The first-order chi connectivity index (χ1) is 6.75. The van der Waals surface area contributed by atoms with E-state index in [4.69, 9.17) is 0 Å². The van der Waals surface area contributed by atoms with E-state index in [0.717, 1.165) is 5.56 Å². The molecule has 0 aromatic carbocycles. The Bertz CT molecular complexity index is 504. The monoisotopic (exact) mass is 187 g/mol. The molecule has 4 nitrogen and oxygen atoms in total. The average Bonchev–Trinajstić information content (AvgIpc) is 2.18. The quantitative estimate of drug-likeness (QED) is 0.728. The molecule has 4 heteroatoms. The van der Waals surface area contributed by atoms with Crippen molar-refractivity contribution in [3.8, 4) is 11.5 Å². The van der Waals surface area contributed by atoms with Gasteiger partial charge in [0.25, 0.3) is 5.56 Å². The molecule has 70 valence electrons. The Hall–Kier alpha value is -1.97. The Morgan fingerprint density at radius 2 is 2.00 bits per heavy atom. The van der Waals surface area contributed by atoms with Gasteiger partial charge in [-0.2, -0.15) is 0 Å². The summed E-state index contributed by atoms with van der Waals surface area (Å²) in [5, 5.41) is 0. The zero-order valence-electron chi connectivity index (χ0n) is 7.69. The fourth-order valence-electron chi connectivity index (χ4n) is 1.17. The van der Waals surface area contributed by atoms with Crippen LogP contribution in [0.4, 0.5) is 0 Å². The molecular formula is C10H9N3O. The highest BCUT2D eigenvalue weighted by Gasteiger charge is 2.00. The lowest BCUT2D eigenvalue weighted by molar-refractivity contribution is 1.10. The molecule has 2 aromatic rings. The number of hydrogen-bond acceptors (Lipinski definition) is 3. The molecule has 2 rings (SSSR count). The molecule has 0 spiro atoms. The second kappa shape index (κ2) is 3.41. The lowest BCUT2D eigenvalue weighted by Gasteiger charge is -1.99. The number of pyridine rings is 1. The maximum atomic E-state index is 11.0. The van der Waals surface area contributed by atoms with Gasteiger partial charge in [-0.1, -0.05) is 0 Å². The van der Waals surface area contributed by atoms with Crippen molar-refractivity contribution in [2.24, 2.45) is 0 Å². The van der Waals surface area contributed by atoms with Gasteiger partial charge in [-0.3, -0.25) is 9.78 Å². The highest BCUT2D eigenvalue weighted by atomic mass is 16.1. The summed E-state index contributed by atoms with van der Waals surface area (Å²) in [6.45, 7) is 1.96. The van der Waals surface area contributed by atoms with Gasteiger partial charge in [-0.05, 0) is 24.6 Å². The molecule has 2 heterocycles. The van der Waals surface area contributed by atoms with Gasteiger partial charge >= 0.3 is 0 Å². The van der Waals surface area contributed by atoms with Gasteiger partial charge in [0.2, 0.25) is 0 Å². The third kappa shape index (κ3) is 1.69. The standard InChI is InChI=1S/C10H9N3O/c1-7-2-4-11-8(6-7)10-12-5-3-9(14)13-10/h2-6H,1H3,(H,12,13,14). The van der Waals surface area contributed by atoms with Crippen LogP contribution in [0.3, 0.4) is 0 Å². The highest BCUT2D eigenvalue weighted by Crippen LogP contribution is 2.10. The molecule has 0 saturated carbocycles. The minimum atomic E-state index is -0.168. The second-order valence-corrected chi connectivity index (χ2v) is 3.00. The van der Waals surface area contributed by atoms with Crippen molar-refractivity contribution in [2.75, 3.05) is 0 Å². The van der Waals surface area contributed by atoms with Crippen molar-refractivity contribution in [3.05, 3.63) is 46.5 Å². The fraction of sp³-hybridized carbons (Fsp3) is 0.100. The second-order valence-electron chi connectivity index (χ2n) is 3.00. The predicted octanol–water partition coefficient (Wildman–Crippen LogP) is 1.14. The van der Waals surface area contributed by atoms with Crippen molar-refractivity contribution in [2.45, 2.75) is 6.92 Å². The van der Waals surface area contributed by atoms with E-state index in [0.29, 0.717) is 11.5 Å². The summed E-state index contributed by atoms with van der Waals surface area (Å²) in [6, 6.07) is 5.14. The van der Waals surface area contributed by atoms with Gasteiger partial charge in [0.05, 0.1) is 0 Å². The van der Waals surface area contributed by atoms with E-state index in [1.807, 2.05) is 19.1 Å². The Labute approximate surface area is 80.7 Å². The van der Waals surface area contributed by atoms with Crippen LogP contribution >= 0.6 is 0 Å². The van der Waals surface area contributed by atoms with E-state index in [1.54, 1.807) is 6.20 Å². The normalized spacial score (nSPS) is 10.1. The largest absolute Gasteiger partial charge is 0.305 e. The highest BCUT2D eigenvalue weighted by molar-refractivity contribution is 5.49. The average molecular weight is 187 g/mol. The van der Waals surface area contributed by atoms with Crippen molar-refractivity contribution in [1.82, 2.24) is 15.0 Å². The van der Waals surface area contributed by atoms with Gasteiger partial charge in [0, 0.05) is 18.5 Å². The third-order valence-corrected chi connectivity index (χ3v) is 1.83. The third-order valence-electron chi connectivity index (χ3n) is 1.83. The molecule has 0 bridgehead atoms. The summed E-state index contributed by atoms with van der Waals surface area (Å²) >= 11 is 0. The summed E-state index contributed by atoms with van der Waals surface area (Å²) in [5.41, 5.74) is 1.60. The molecule has 0 radical (unpaired) electrons. The number of H-pyrrole nitrogens is 1. The van der Waals surface area contributed by atoms with Gasteiger partial charge in [-0.25, -0.2) is 4.98 Å². The SMILES string of the molecule is Cc1ccnc(-c2nccc(=O)[nH]2)c1. The van der Waals surface area contributed by atoms with E-state index in [9.17, 15) is 4.79 Å². The number of aromatic amines is 1. The summed E-state index contributed by atoms with van der Waals surface area (Å²) in [4.78, 5) is 21.8. The van der Waals surface area contributed by atoms with Gasteiger partial charge < -0.3 is 4.98 Å². The lowest BCUT2D eigenvalue weighted by Crippen LogP contribution is -2.06. The lowest BCUT2D eigenvalue weighted by atomic mass is 10.2. The van der Waals surface area contributed by atoms with Crippen molar-refractivity contribution >= 4 is 0 Å². The number of nitrogens with one attached hydrogen (secondary N) is 1. The van der Waals surface area contributed by atoms with Crippen molar-refractivity contribution < 1.29 is 0 Å². The molecule has 0 saturated heterocycles. The molecule has 0 fully saturated rings. The van der Waals surface area contributed by atoms with Crippen molar-refractivity contribution in [1.29, 1.82) is 0 Å². The molecule has 0 unspecified atom stereocenters. The molecule has 0 aliphatic carbocycles. The molecule has 14 heavy (non-hydrogen) atoms. The van der Waals surface area contributed by atoms with Crippen LogP contribution in [0.15, 0.2) is 35.4 Å². The summed E-state index contributed by atoms with van der Waals surface area (Å²) in [7, 11) is 0. The first kappa shape index (κ1) is 8.62.